The molecule has 1 spiro atoms. The fraction of sp³-hybridized carbons (Fsp3) is 0.733. The molecule has 7 aliphatic rings. The lowest BCUT2D eigenvalue weighted by Gasteiger charge is -2.37. The molecule has 5 nitrogen and oxygen atoms in total. The van der Waals surface area contributed by atoms with Crippen LogP contribution in [0, 0.1) is 29.6 Å². The third kappa shape index (κ3) is 4.11. The maximum absolute atomic E-state index is 13.6. The zero-order chi connectivity index (χ0) is 24.6. The fourth-order valence-electron chi connectivity index (χ4n) is 7.70. The van der Waals surface area contributed by atoms with E-state index >= 15 is 0 Å². The van der Waals surface area contributed by atoms with Crippen molar-refractivity contribution >= 4 is 23.6 Å². The van der Waals surface area contributed by atoms with Crippen molar-refractivity contribution in [3.05, 3.63) is 35.5 Å². The van der Waals surface area contributed by atoms with Gasteiger partial charge in [-0.3, -0.25) is 14.9 Å². The summed E-state index contributed by atoms with van der Waals surface area (Å²) >= 11 is 2.13. The van der Waals surface area contributed by atoms with Crippen molar-refractivity contribution in [2.24, 2.45) is 29.6 Å². The van der Waals surface area contributed by atoms with Crippen LogP contribution in [0.2, 0.25) is 0 Å². The van der Waals surface area contributed by atoms with Crippen molar-refractivity contribution < 1.29 is 9.59 Å². The predicted molar refractivity (Wildman–Crippen MR) is 144 cm³/mol. The van der Waals surface area contributed by atoms with Crippen LogP contribution >= 0.6 is 11.8 Å². The molecular formula is C30H41N3O2S. The average molecular weight is 508 g/mol. The van der Waals surface area contributed by atoms with Crippen molar-refractivity contribution in [2.45, 2.75) is 87.4 Å². The highest BCUT2D eigenvalue weighted by Crippen LogP contribution is 2.48. The molecule has 7 atom stereocenters. The van der Waals surface area contributed by atoms with E-state index < -0.39 is 0 Å². The normalized spacial score (nSPS) is 41.1. The summed E-state index contributed by atoms with van der Waals surface area (Å²) in [5, 5.41) is 5.27. The van der Waals surface area contributed by atoms with E-state index in [1.54, 1.807) is 0 Å². The van der Waals surface area contributed by atoms with Crippen molar-refractivity contribution in [3.63, 3.8) is 0 Å². The first-order valence-corrected chi connectivity index (χ1v) is 15.5. The molecule has 0 aromatic heterocycles. The summed E-state index contributed by atoms with van der Waals surface area (Å²) < 4.78 is 0. The van der Waals surface area contributed by atoms with Gasteiger partial charge >= 0.3 is 0 Å². The Morgan fingerprint density at radius 3 is 2.75 bits per heavy atom. The molecule has 6 unspecified atom stereocenters. The van der Waals surface area contributed by atoms with Gasteiger partial charge in [-0.2, -0.15) is 11.8 Å². The van der Waals surface area contributed by atoms with E-state index in [0.717, 1.165) is 63.4 Å². The van der Waals surface area contributed by atoms with Crippen LogP contribution in [-0.2, 0) is 9.59 Å². The van der Waals surface area contributed by atoms with Crippen LogP contribution in [0.15, 0.2) is 35.5 Å². The van der Waals surface area contributed by atoms with E-state index in [2.05, 4.69) is 65.0 Å². The molecule has 0 aromatic carbocycles. The number of hydrogen-bond donors (Lipinski definition) is 1. The zero-order valence-corrected chi connectivity index (χ0v) is 22.6. The summed E-state index contributed by atoms with van der Waals surface area (Å²) in [4.78, 5) is 30.4. The number of amides is 2. The first kappa shape index (κ1) is 23.6. The molecule has 3 heterocycles. The van der Waals surface area contributed by atoms with Crippen molar-refractivity contribution in [1.82, 2.24) is 15.1 Å². The third-order valence-corrected chi connectivity index (χ3v) is 11.6. The lowest BCUT2D eigenvalue weighted by Crippen LogP contribution is -2.47. The Balaban J connectivity index is 1.05. The van der Waals surface area contributed by atoms with Crippen molar-refractivity contribution in [1.29, 1.82) is 0 Å². The predicted octanol–water partition coefficient (Wildman–Crippen LogP) is 4.51. The Labute approximate surface area is 220 Å². The SMILES string of the molecule is CC1=CC(C2=CC3CC(C)SC3C=C2)CCC1C1NC2(CC2)C(=O)N1C[C@@H]1CCN(C(=O)C2CC2)C1. The van der Waals surface area contributed by atoms with Gasteiger partial charge in [-0.05, 0) is 75.7 Å². The Morgan fingerprint density at radius 2 is 2.00 bits per heavy atom. The van der Waals surface area contributed by atoms with Gasteiger partial charge in [-0.25, -0.2) is 0 Å². The molecule has 6 heteroatoms. The van der Waals surface area contributed by atoms with Crippen LogP contribution in [0.4, 0.5) is 0 Å². The minimum absolute atomic E-state index is 0.109. The fourth-order valence-corrected chi connectivity index (χ4v) is 9.13. The number of likely N-dealkylation sites (tertiary alicyclic amines) is 1. The molecule has 194 valence electrons. The van der Waals surface area contributed by atoms with Gasteiger partial charge in [-0.1, -0.05) is 36.8 Å². The van der Waals surface area contributed by atoms with E-state index in [1.165, 1.54) is 24.0 Å². The quantitative estimate of drug-likeness (QED) is 0.556. The average Bonchev–Trinajstić information content (AvgIpc) is 3.76. The highest BCUT2D eigenvalue weighted by atomic mass is 32.2. The summed E-state index contributed by atoms with van der Waals surface area (Å²) in [5.41, 5.74) is 2.67. The van der Waals surface area contributed by atoms with Crippen molar-refractivity contribution in [3.8, 4) is 0 Å². The van der Waals surface area contributed by atoms with Crippen LogP contribution in [0.1, 0.15) is 65.2 Å². The molecule has 4 aliphatic carbocycles. The second kappa shape index (κ2) is 8.76. The summed E-state index contributed by atoms with van der Waals surface area (Å²) in [6.45, 7) is 7.17. The van der Waals surface area contributed by atoms with Crippen LogP contribution in [0.5, 0.6) is 0 Å². The molecule has 0 radical (unpaired) electrons. The second-order valence-electron chi connectivity index (χ2n) is 12.9. The number of fused-ring (bicyclic) bond motifs is 1. The molecule has 3 aliphatic heterocycles. The van der Waals surface area contributed by atoms with Crippen LogP contribution < -0.4 is 5.32 Å². The molecule has 2 saturated carbocycles. The summed E-state index contributed by atoms with van der Waals surface area (Å²) in [6.07, 6.45) is 18.8. The first-order valence-electron chi connectivity index (χ1n) is 14.5. The van der Waals surface area contributed by atoms with E-state index in [9.17, 15) is 9.59 Å². The van der Waals surface area contributed by atoms with E-state index in [4.69, 9.17) is 0 Å². The van der Waals surface area contributed by atoms with Gasteiger partial charge in [0.05, 0.1) is 11.7 Å². The molecule has 5 fully saturated rings. The van der Waals surface area contributed by atoms with Crippen LogP contribution in [0.25, 0.3) is 0 Å². The summed E-state index contributed by atoms with van der Waals surface area (Å²) in [7, 11) is 0. The number of hydrogen-bond acceptors (Lipinski definition) is 4. The molecule has 1 N–H and O–H groups in total. The number of allylic oxidation sites excluding steroid dienone is 4. The molecular weight excluding hydrogens is 466 g/mol. The standard InChI is InChI=1S/C30H41N3O2S/c1-18-13-22(23-6-8-26-24(15-23)14-19(2)36-26)5-7-25(18)27-31-30(10-11-30)29(35)33(27)17-20-9-12-32(16-20)28(34)21-3-4-21/h6,8,13,15,19-22,24-27,31H,3-5,7,9-12,14,16-17H2,1-2H3/t19?,20-,22?,24?,25?,26?,27?/m1/s1. The second-order valence-corrected chi connectivity index (χ2v) is 14.5. The number of carbonyl (C=O) groups is 2. The van der Waals surface area contributed by atoms with Gasteiger partial charge in [0.15, 0.2) is 0 Å². The molecule has 0 bridgehead atoms. The van der Waals surface area contributed by atoms with Gasteiger partial charge < -0.3 is 9.80 Å². The number of nitrogens with one attached hydrogen (secondary N) is 1. The first-order chi connectivity index (χ1) is 17.4. The molecule has 2 amide bonds. The number of nitrogens with zero attached hydrogens (tertiary/aromatic N) is 2. The lowest BCUT2D eigenvalue weighted by molar-refractivity contribution is -0.132. The van der Waals surface area contributed by atoms with Crippen LogP contribution in [-0.4, -0.2) is 63.5 Å². The Kier molecular flexibility index (Phi) is 5.74. The summed E-state index contributed by atoms with van der Waals surface area (Å²) in [5.74, 6) is 2.99. The van der Waals surface area contributed by atoms with Gasteiger partial charge in [-0.15, -0.1) is 0 Å². The minimum Gasteiger partial charge on any atom is -0.342 e. The highest BCUT2D eigenvalue weighted by molar-refractivity contribution is 8.00. The zero-order valence-electron chi connectivity index (χ0n) is 21.8. The van der Waals surface area contributed by atoms with Gasteiger partial charge in [0.1, 0.15) is 0 Å². The van der Waals surface area contributed by atoms with Crippen LogP contribution in [0.3, 0.4) is 0 Å². The molecule has 7 rings (SSSR count). The molecule has 36 heavy (non-hydrogen) atoms. The van der Waals surface area contributed by atoms with E-state index in [1.807, 2.05) is 0 Å². The largest absolute Gasteiger partial charge is 0.342 e. The Morgan fingerprint density at radius 1 is 1.17 bits per heavy atom. The van der Waals surface area contributed by atoms with Crippen molar-refractivity contribution in [2.75, 3.05) is 19.6 Å². The number of rotatable bonds is 5. The number of carbonyl (C=O) groups excluding carboxylic acids is 2. The van der Waals surface area contributed by atoms with Gasteiger partial charge in [0.25, 0.3) is 0 Å². The highest BCUT2D eigenvalue weighted by Gasteiger charge is 2.60. The third-order valence-electron chi connectivity index (χ3n) is 10.1. The maximum atomic E-state index is 13.6. The van der Waals surface area contributed by atoms with Gasteiger partial charge in [0, 0.05) is 47.9 Å². The Hall–Kier alpha value is -1.53. The maximum Gasteiger partial charge on any atom is 0.244 e. The van der Waals surface area contributed by atoms with E-state index in [-0.39, 0.29) is 11.7 Å². The lowest BCUT2D eigenvalue weighted by atomic mass is 9.76. The Bertz CT molecular complexity index is 1040. The smallest absolute Gasteiger partial charge is 0.244 e. The summed E-state index contributed by atoms with van der Waals surface area (Å²) in [6, 6.07) is 0. The molecule has 0 aromatic rings. The van der Waals surface area contributed by atoms with E-state index in [0.29, 0.717) is 46.7 Å². The number of thioether (sulfide) groups is 1. The molecule has 3 saturated heterocycles. The minimum atomic E-state index is -0.287. The topological polar surface area (TPSA) is 52.7 Å². The van der Waals surface area contributed by atoms with Gasteiger partial charge in [0.2, 0.25) is 11.8 Å². The monoisotopic (exact) mass is 507 g/mol.